The number of anilines is 1. The van der Waals surface area contributed by atoms with E-state index in [9.17, 15) is 4.79 Å². The molecule has 2 aromatic carbocycles. The standard InChI is InChI=1S/C30H26N6O3/c1-34-27(21-6-8-24(9-7-21)35-14-13-31-19-35)18-33-30(34)26(17-23-5-3-4-12-32-23)36(20-37)29-16-22-15-25(38-2)10-11-28(22)39-29/h3-16,18-20,26H,17H2,1-2H3. The normalized spacial score (nSPS) is 11.9. The molecule has 0 aliphatic heterocycles. The smallest absolute Gasteiger partial charge is 0.217 e. The molecular formula is C30H26N6O3. The van der Waals surface area contributed by atoms with E-state index in [1.54, 1.807) is 30.7 Å². The maximum absolute atomic E-state index is 12.6. The number of carbonyl (C=O) groups excluding carboxylic acids is 1. The summed E-state index contributed by atoms with van der Waals surface area (Å²) in [6, 6.07) is 20.8. The number of methoxy groups -OCH3 is 1. The highest BCUT2D eigenvalue weighted by atomic mass is 16.5. The second-order valence-electron chi connectivity index (χ2n) is 9.12. The molecule has 9 heteroatoms. The van der Waals surface area contributed by atoms with E-state index in [1.807, 2.05) is 95.3 Å². The van der Waals surface area contributed by atoms with Crippen molar-refractivity contribution in [3.63, 3.8) is 0 Å². The molecule has 4 aromatic heterocycles. The topological polar surface area (TPSA) is 91.2 Å². The molecule has 6 aromatic rings. The molecule has 0 radical (unpaired) electrons. The van der Waals surface area contributed by atoms with E-state index in [1.165, 1.54) is 0 Å². The van der Waals surface area contributed by atoms with Crippen LogP contribution in [0, 0.1) is 0 Å². The lowest BCUT2D eigenvalue weighted by Gasteiger charge is -2.26. The van der Waals surface area contributed by atoms with E-state index in [4.69, 9.17) is 14.1 Å². The van der Waals surface area contributed by atoms with E-state index in [-0.39, 0.29) is 0 Å². The Balaban J connectivity index is 1.39. The first-order chi connectivity index (χ1) is 19.1. The second-order valence-corrected chi connectivity index (χ2v) is 9.12. The Kier molecular flexibility index (Phi) is 6.38. The molecule has 39 heavy (non-hydrogen) atoms. The molecule has 194 valence electrons. The number of pyridine rings is 1. The highest BCUT2D eigenvalue weighted by Gasteiger charge is 2.29. The van der Waals surface area contributed by atoms with Gasteiger partial charge < -0.3 is 18.3 Å². The van der Waals surface area contributed by atoms with Gasteiger partial charge in [0.2, 0.25) is 12.3 Å². The molecule has 1 atom stereocenters. The molecule has 0 aliphatic carbocycles. The van der Waals surface area contributed by atoms with E-state index in [0.717, 1.165) is 34.4 Å². The molecule has 0 aliphatic rings. The lowest BCUT2D eigenvalue weighted by molar-refractivity contribution is -0.108. The summed E-state index contributed by atoms with van der Waals surface area (Å²) in [5, 5.41) is 0.839. The van der Waals surface area contributed by atoms with Gasteiger partial charge in [0.1, 0.15) is 23.2 Å². The van der Waals surface area contributed by atoms with Crippen LogP contribution in [0.5, 0.6) is 5.75 Å². The molecule has 1 unspecified atom stereocenters. The first-order valence-corrected chi connectivity index (χ1v) is 12.5. The zero-order chi connectivity index (χ0) is 26.8. The molecule has 0 bridgehead atoms. The van der Waals surface area contributed by atoms with Gasteiger partial charge in [-0.15, -0.1) is 0 Å². The summed E-state index contributed by atoms with van der Waals surface area (Å²) in [5.41, 5.74) is 4.44. The maximum atomic E-state index is 12.6. The summed E-state index contributed by atoms with van der Waals surface area (Å²) in [4.78, 5) is 27.6. The van der Waals surface area contributed by atoms with Crippen molar-refractivity contribution in [2.45, 2.75) is 12.5 Å². The minimum atomic E-state index is -0.469. The maximum Gasteiger partial charge on any atom is 0.217 e. The molecule has 0 spiro atoms. The van der Waals surface area contributed by atoms with Gasteiger partial charge in [-0.3, -0.25) is 14.7 Å². The average Bonchev–Trinajstić information content (AvgIpc) is 3.73. The van der Waals surface area contributed by atoms with Crippen molar-refractivity contribution in [3.05, 3.63) is 109 Å². The van der Waals surface area contributed by atoms with Crippen LogP contribution in [-0.4, -0.2) is 37.6 Å². The fourth-order valence-corrected chi connectivity index (χ4v) is 4.79. The van der Waals surface area contributed by atoms with Crippen molar-refractivity contribution in [2.24, 2.45) is 7.05 Å². The minimum absolute atomic E-state index is 0.420. The van der Waals surface area contributed by atoms with Crippen LogP contribution in [0.3, 0.4) is 0 Å². The molecule has 9 nitrogen and oxygen atoms in total. The Morgan fingerprint density at radius 2 is 1.92 bits per heavy atom. The van der Waals surface area contributed by atoms with Crippen molar-refractivity contribution in [1.29, 1.82) is 0 Å². The predicted molar refractivity (Wildman–Crippen MR) is 148 cm³/mol. The molecule has 4 heterocycles. The van der Waals surface area contributed by atoms with Gasteiger partial charge in [0, 0.05) is 54.9 Å². The van der Waals surface area contributed by atoms with Crippen LogP contribution in [-0.2, 0) is 18.3 Å². The number of carbonyl (C=O) groups is 1. The van der Waals surface area contributed by atoms with Gasteiger partial charge in [0.15, 0.2) is 0 Å². The lowest BCUT2D eigenvalue weighted by Crippen LogP contribution is -2.31. The zero-order valence-electron chi connectivity index (χ0n) is 21.5. The van der Waals surface area contributed by atoms with E-state index >= 15 is 0 Å². The zero-order valence-corrected chi connectivity index (χ0v) is 21.5. The molecule has 1 amide bonds. The van der Waals surface area contributed by atoms with Crippen LogP contribution in [0.2, 0.25) is 0 Å². The van der Waals surface area contributed by atoms with Gasteiger partial charge in [-0.2, -0.15) is 0 Å². The average molecular weight is 519 g/mol. The Hall–Kier alpha value is -5.18. The molecule has 0 fully saturated rings. The summed E-state index contributed by atoms with van der Waals surface area (Å²) >= 11 is 0. The van der Waals surface area contributed by atoms with Crippen LogP contribution >= 0.6 is 0 Å². The highest BCUT2D eigenvalue weighted by molar-refractivity contribution is 5.86. The van der Waals surface area contributed by atoms with Crippen molar-refractivity contribution in [1.82, 2.24) is 24.1 Å². The van der Waals surface area contributed by atoms with Crippen LogP contribution < -0.4 is 9.64 Å². The van der Waals surface area contributed by atoms with Crippen LogP contribution in [0.25, 0.3) is 27.9 Å². The van der Waals surface area contributed by atoms with E-state index in [0.29, 0.717) is 29.5 Å². The molecule has 0 saturated carbocycles. The highest BCUT2D eigenvalue weighted by Crippen LogP contribution is 2.35. The van der Waals surface area contributed by atoms with E-state index < -0.39 is 6.04 Å². The number of benzene rings is 2. The van der Waals surface area contributed by atoms with Crippen LogP contribution in [0.1, 0.15) is 17.6 Å². The fourth-order valence-electron chi connectivity index (χ4n) is 4.79. The van der Waals surface area contributed by atoms with Gasteiger partial charge in [-0.05, 0) is 48.0 Å². The van der Waals surface area contributed by atoms with Gasteiger partial charge in [-0.1, -0.05) is 18.2 Å². The van der Waals surface area contributed by atoms with Crippen LogP contribution in [0.4, 0.5) is 5.88 Å². The summed E-state index contributed by atoms with van der Waals surface area (Å²) in [6.45, 7) is 0. The Morgan fingerprint density at radius 3 is 2.64 bits per heavy atom. The number of fused-ring (bicyclic) bond motifs is 1. The number of imidazole rings is 2. The third-order valence-electron chi connectivity index (χ3n) is 6.83. The SMILES string of the molecule is COc1ccc2oc(N(C=O)C(Cc3ccccn3)c3ncc(-c4ccc(-n5ccnc5)cc4)n3C)cc2c1. The van der Waals surface area contributed by atoms with Crippen molar-refractivity contribution in [3.8, 4) is 22.7 Å². The van der Waals surface area contributed by atoms with Crippen molar-refractivity contribution < 1.29 is 13.9 Å². The van der Waals surface area contributed by atoms with Crippen molar-refractivity contribution >= 4 is 23.3 Å². The first-order valence-electron chi connectivity index (χ1n) is 12.5. The largest absolute Gasteiger partial charge is 0.497 e. The third kappa shape index (κ3) is 4.66. The summed E-state index contributed by atoms with van der Waals surface area (Å²) in [7, 11) is 3.58. The van der Waals surface area contributed by atoms with Gasteiger partial charge >= 0.3 is 0 Å². The first kappa shape index (κ1) is 24.2. The Labute approximate surface area is 224 Å². The van der Waals surface area contributed by atoms with Gasteiger partial charge in [0.05, 0.1) is 25.3 Å². The quantitative estimate of drug-likeness (QED) is 0.239. The van der Waals surface area contributed by atoms with Crippen LogP contribution in [0.15, 0.2) is 102 Å². The monoisotopic (exact) mass is 518 g/mol. The predicted octanol–water partition coefficient (Wildman–Crippen LogP) is 5.37. The fraction of sp³-hybridized carbons (Fsp3) is 0.133. The number of amides is 1. The molecule has 0 saturated heterocycles. The minimum Gasteiger partial charge on any atom is -0.497 e. The van der Waals surface area contributed by atoms with E-state index in [2.05, 4.69) is 9.97 Å². The molecule has 0 N–H and O–H groups in total. The summed E-state index contributed by atoms with van der Waals surface area (Å²) < 4.78 is 15.4. The van der Waals surface area contributed by atoms with Gasteiger partial charge in [0.25, 0.3) is 0 Å². The number of aromatic nitrogens is 5. The number of ether oxygens (including phenoxy) is 1. The molecular weight excluding hydrogens is 492 g/mol. The summed E-state index contributed by atoms with van der Waals surface area (Å²) in [6.07, 6.45) is 10.2. The number of furan rings is 1. The number of hydrogen-bond acceptors (Lipinski definition) is 6. The Morgan fingerprint density at radius 1 is 1.05 bits per heavy atom. The second kappa shape index (κ2) is 10.3. The number of rotatable bonds is 9. The lowest BCUT2D eigenvalue weighted by atomic mass is 10.1. The third-order valence-corrected chi connectivity index (χ3v) is 6.83. The van der Waals surface area contributed by atoms with Crippen molar-refractivity contribution in [2.75, 3.05) is 12.0 Å². The number of hydrogen-bond donors (Lipinski definition) is 0. The summed E-state index contributed by atoms with van der Waals surface area (Å²) in [5.74, 6) is 1.84. The molecule has 6 rings (SSSR count). The van der Waals surface area contributed by atoms with Gasteiger partial charge in [-0.25, -0.2) is 9.97 Å². The Bertz CT molecular complexity index is 1710. The number of nitrogens with zero attached hydrogens (tertiary/aromatic N) is 6.